The predicted molar refractivity (Wildman–Crippen MR) is 98.0 cm³/mol. The molecule has 0 saturated carbocycles. The molecule has 3 rings (SSSR count). The van der Waals surface area contributed by atoms with Gasteiger partial charge in [-0.2, -0.15) is 0 Å². The number of thiophene rings is 1. The highest BCUT2D eigenvalue weighted by Gasteiger charge is 2.17. The molecular weight excluding hydrogens is 304 g/mol. The summed E-state index contributed by atoms with van der Waals surface area (Å²) in [4.78, 5) is 16.1. The van der Waals surface area contributed by atoms with Gasteiger partial charge in [0.1, 0.15) is 10.6 Å². The fourth-order valence-electron chi connectivity index (χ4n) is 2.36. The Kier molecular flexibility index (Phi) is 4.31. The van der Waals surface area contributed by atoms with Gasteiger partial charge in [-0.25, -0.2) is 9.97 Å². The van der Waals surface area contributed by atoms with Gasteiger partial charge in [0.25, 0.3) is 0 Å². The van der Waals surface area contributed by atoms with Crippen LogP contribution in [0.3, 0.4) is 0 Å². The van der Waals surface area contributed by atoms with Crippen LogP contribution in [0.2, 0.25) is 0 Å². The van der Waals surface area contributed by atoms with Crippen molar-refractivity contribution in [1.29, 1.82) is 0 Å². The van der Waals surface area contributed by atoms with Crippen LogP contribution >= 0.6 is 11.3 Å². The van der Waals surface area contributed by atoms with Crippen LogP contribution in [-0.2, 0) is 0 Å². The molecule has 0 aromatic carbocycles. The van der Waals surface area contributed by atoms with E-state index in [1.807, 2.05) is 18.3 Å². The zero-order valence-corrected chi connectivity index (χ0v) is 15.0. The first kappa shape index (κ1) is 15.9. The van der Waals surface area contributed by atoms with Gasteiger partial charge in [-0.3, -0.25) is 4.98 Å². The Morgan fingerprint density at radius 3 is 2.57 bits per heavy atom. The average molecular weight is 326 g/mol. The molecule has 0 bridgehead atoms. The minimum atomic E-state index is 0.342. The number of hydrogen-bond donors (Lipinski definition) is 1. The normalized spacial score (nSPS) is 12.8. The van der Waals surface area contributed by atoms with Gasteiger partial charge in [0.05, 0.1) is 5.39 Å². The molecule has 4 nitrogen and oxygen atoms in total. The highest BCUT2D eigenvalue weighted by atomic mass is 32.1. The Bertz CT molecular complexity index is 824. The summed E-state index contributed by atoms with van der Waals surface area (Å²) in [6, 6.07) is 4.25. The molecule has 5 heteroatoms. The van der Waals surface area contributed by atoms with E-state index in [1.54, 1.807) is 17.5 Å². The number of anilines is 1. The van der Waals surface area contributed by atoms with Crippen LogP contribution in [0.25, 0.3) is 21.6 Å². The van der Waals surface area contributed by atoms with E-state index in [-0.39, 0.29) is 0 Å². The van der Waals surface area contributed by atoms with E-state index in [2.05, 4.69) is 44.9 Å². The van der Waals surface area contributed by atoms with Crippen molar-refractivity contribution in [3.05, 3.63) is 35.0 Å². The van der Waals surface area contributed by atoms with Crippen LogP contribution in [0.5, 0.6) is 0 Å². The Labute approximate surface area is 141 Å². The van der Waals surface area contributed by atoms with Gasteiger partial charge in [0.2, 0.25) is 0 Å². The molecule has 0 spiro atoms. The topological polar surface area (TPSA) is 50.7 Å². The largest absolute Gasteiger partial charge is 0.367 e. The van der Waals surface area contributed by atoms with Gasteiger partial charge in [0.15, 0.2) is 5.82 Å². The van der Waals surface area contributed by atoms with E-state index in [4.69, 9.17) is 9.97 Å². The maximum absolute atomic E-state index is 4.81. The van der Waals surface area contributed by atoms with Crippen LogP contribution in [-0.4, -0.2) is 21.0 Å². The molecule has 3 aromatic rings. The Morgan fingerprint density at radius 2 is 1.91 bits per heavy atom. The molecule has 0 aliphatic heterocycles. The summed E-state index contributed by atoms with van der Waals surface area (Å²) in [6.45, 7) is 10.9. The van der Waals surface area contributed by atoms with Gasteiger partial charge in [-0.1, -0.05) is 13.8 Å². The number of rotatable bonds is 4. The van der Waals surface area contributed by atoms with Crippen LogP contribution in [0.4, 0.5) is 5.82 Å². The van der Waals surface area contributed by atoms with E-state index in [1.165, 1.54) is 10.4 Å². The first-order valence-corrected chi connectivity index (χ1v) is 8.73. The van der Waals surface area contributed by atoms with Crippen LogP contribution < -0.4 is 5.32 Å². The number of aryl methyl sites for hydroxylation is 2. The van der Waals surface area contributed by atoms with Crippen molar-refractivity contribution >= 4 is 27.4 Å². The molecule has 0 saturated heterocycles. The second-order valence-electron chi connectivity index (χ2n) is 6.28. The number of nitrogens with zero attached hydrogens (tertiary/aromatic N) is 3. The molecule has 0 aliphatic rings. The van der Waals surface area contributed by atoms with E-state index < -0.39 is 0 Å². The summed E-state index contributed by atoms with van der Waals surface area (Å²) in [5.74, 6) is 2.18. The zero-order valence-electron chi connectivity index (χ0n) is 14.2. The molecule has 23 heavy (non-hydrogen) atoms. The summed E-state index contributed by atoms with van der Waals surface area (Å²) in [6.07, 6.45) is 3.58. The zero-order chi connectivity index (χ0) is 16.6. The smallest absolute Gasteiger partial charge is 0.164 e. The monoisotopic (exact) mass is 326 g/mol. The standard InChI is InChI=1S/C18H22N4S/c1-10(2)12(4)20-17-15-11(3)13(5)23-18(15)22-16(21-17)14-7-6-8-19-9-14/h6-10,12H,1-5H3,(H,20,21,22). The second-order valence-corrected chi connectivity index (χ2v) is 7.48. The third-order valence-electron chi connectivity index (χ3n) is 4.31. The molecule has 3 aromatic heterocycles. The number of nitrogens with one attached hydrogen (secondary N) is 1. The van der Waals surface area contributed by atoms with Crippen molar-refractivity contribution in [2.24, 2.45) is 5.92 Å². The van der Waals surface area contributed by atoms with Crippen LogP contribution in [0.1, 0.15) is 31.2 Å². The summed E-state index contributed by atoms with van der Waals surface area (Å²) < 4.78 is 0. The predicted octanol–water partition coefficient (Wildman–Crippen LogP) is 4.83. The molecule has 1 N–H and O–H groups in total. The molecule has 3 heterocycles. The van der Waals surface area contributed by atoms with Gasteiger partial charge >= 0.3 is 0 Å². The van der Waals surface area contributed by atoms with Crippen LogP contribution in [0.15, 0.2) is 24.5 Å². The first-order valence-electron chi connectivity index (χ1n) is 7.92. The van der Waals surface area contributed by atoms with E-state index >= 15 is 0 Å². The van der Waals surface area contributed by atoms with Crippen LogP contribution in [0, 0.1) is 19.8 Å². The summed E-state index contributed by atoms with van der Waals surface area (Å²) in [5.41, 5.74) is 2.21. The third kappa shape index (κ3) is 3.06. The third-order valence-corrected chi connectivity index (χ3v) is 5.41. The first-order chi connectivity index (χ1) is 11.0. The Balaban J connectivity index is 2.18. The van der Waals surface area contributed by atoms with Crippen molar-refractivity contribution in [3.8, 4) is 11.4 Å². The van der Waals surface area contributed by atoms with Gasteiger partial charge in [0, 0.05) is 28.9 Å². The van der Waals surface area contributed by atoms with Gasteiger partial charge in [-0.05, 0) is 44.4 Å². The molecule has 0 radical (unpaired) electrons. The molecule has 1 atom stereocenters. The SMILES string of the molecule is Cc1sc2nc(-c3cccnc3)nc(NC(C)C(C)C)c2c1C. The number of pyridine rings is 1. The molecular formula is C18H22N4S. The summed E-state index contributed by atoms with van der Waals surface area (Å²) in [7, 11) is 0. The molecule has 1 unspecified atom stereocenters. The Morgan fingerprint density at radius 1 is 1.13 bits per heavy atom. The number of fused-ring (bicyclic) bond motifs is 1. The van der Waals surface area contributed by atoms with Crippen molar-refractivity contribution in [3.63, 3.8) is 0 Å². The maximum Gasteiger partial charge on any atom is 0.164 e. The lowest BCUT2D eigenvalue weighted by molar-refractivity contribution is 0.559. The van der Waals surface area contributed by atoms with Crippen molar-refractivity contribution in [1.82, 2.24) is 15.0 Å². The lowest BCUT2D eigenvalue weighted by atomic mass is 10.1. The highest BCUT2D eigenvalue weighted by molar-refractivity contribution is 7.18. The average Bonchev–Trinajstić information content (AvgIpc) is 2.83. The lowest BCUT2D eigenvalue weighted by Gasteiger charge is -2.19. The highest BCUT2D eigenvalue weighted by Crippen LogP contribution is 2.35. The van der Waals surface area contributed by atoms with E-state index in [0.29, 0.717) is 12.0 Å². The number of hydrogen-bond acceptors (Lipinski definition) is 5. The van der Waals surface area contributed by atoms with Crippen molar-refractivity contribution in [2.45, 2.75) is 40.7 Å². The summed E-state index contributed by atoms with van der Waals surface area (Å²) in [5, 5.41) is 4.73. The minimum Gasteiger partial charge on any atom is -0.367 e. The summed E-state index contributed by atoms with van der Waals surface area (Å²) >= 11 is 1.73. The molecule has 0 aliphatic carbocycles. The van der Waals surface area contributed by atoms with Gasteiger partial charge < -0.3 is 5.32 Å². The lowest BCUT2D eigenvalue weighted by Crippen LogP contribution is -2.22. The molecule has 0 fully saturated rings. The van der Waals surface area contributed by atoms with E-state index in [9.17, 15) is 0 Å². The minimum absolute atomic E-state index is 0.342. The van der Waals surface area contributed by atoms with Gasteiger partial charge in [-0.15, -0.1) is 11.3 Å². The van der Waals surface area contributed by atoms with E-state index in [0.717, 1.165) is 27.4 Å². The number of aromatic nitrogens is 3. The second kappa shape index (κ2) is 6.24. The molecule has 120 valence electrons. The Hall–Kier alpha value is -2.01. The fourth-order valence-corrected chi connectivity index (χ4v) is 3.39. The fraction of sp³-hybridized carbons (Fsp3) is 0.389. The van der Waals surface area contributed by atoms with Crippen molar-refractivity contribution < 1.29 is 0 Å². The quantitative estimate of drug-likeness (QED) is 0.746. The van der Waals surface area contributed by atoms with Crippen molar-refractivity contribution in [2.75, 3.05) is 5.32 Å². The maximum atomic E-state index is 4.81. The molecule has 0 amide bonds.